The van der Waals surface area contributed by atoms with E-state index in [4.69, 9.17) is 4.74 Å². The van der Waals surface area contributed by atoms with E-state index in [0.717, 1.165) is 25.7 Å². The zero-order valence-electron chi connectivity index (χ0n) is 19.7. The fourth-order valence-corrected chi connectivity index (χ4v) is 5.02. The lowest BCUT2D eigenvalue weighted by atomic mass is 9.77. The second-order valence-corrected chi connectivity index (χ2v) is 9.94. The second kappa shape index (κ2) is 9.27. The van der Waals surface area contributed by atoms with Gasteiger partial charge in [0.25, 0.3) is 0 Å². The minimum absolute atomic E-state index is 0.140. The van der Waals surface area contributed by atoms with E-state index >= 15 is 0 Å². The number of anilines is 3. The molecular formula is C24H29F3N6O2. The van der Waals surface area contributed by atoms with Crippen LogP contribution < -0.4 is 10.6 Å². The van der Waals surface area contributed by atoms with Gasteiger partial charge < -0.3 is 20.5 Å². The average Bonchev–Trinajstić information content (AvgIpc) is 3.43. The molecule has 35 heavy (non-hydrogen) atoms. The van der Waals surface area contributed by atoms with E-state index in [1.54, 1.807) is 10.8 Å². The summed E-state index contributed by atoms with van der Waals surface area (Å²) in [5.41, 5.74) is -0.215. The van der Waals surface area contributed by atoms with Gasteiger partial charge in [-0.05, 0) is 51.9 Å². The lowest BCUT2D eigenvalue weighted by Gasteiger charge is -2.36. The van der Waals surface area contributed by atoms with E-state index in [-0.39, 0.29) is 23.9 Å². The minimum atomic E-state index is -1.06. The molecule has 3 aromatic rings. The summed E-state index contributed by atoms with van der Waals surface area (Å²) in [7, 11) is 0. The van der Waals surface area contributed by atoms with Gasteiger partial charge in [0.1, 0.15) is 17.0 Å². The van der Waals surface area contributed by atoms with Gasteiger partial charge >= 0.3 is 0 Å². The fraction of sp³-hybridized carbons (Fsp3) is 0.542. The third-order valence-electron chi connectivity index (χ3n) is 7.01. The third-order valence-corrected chi connectivity index (χ3v) is 7.01. The zero-order valence-corrected chi connectivity index (χ0v) is 19.7. The molecule has 5 rings (SSSR count). The first kappa shape index (κ1) is 23.8. The fourth-order valence-electron chi connectivity index (χ4n) is 5.02. The maximum atomic E-state index is 14.3. The van der Waals surface area contributed by atoms with Gasteiger partial charge in [-0.25, -0.2) is 23.1 Å². The molecule has 0 unspecified atom stereocenters. The van der Waals surface area contributed by atoms with E-state index < -0.39 is 28.7 Å². The highest BCUT2D eigenvalue weighted by atomic mass is 19.1. The maximum Gasteiger partial charge on any atom is 0.224 e. The van der Waals surface area contributed by atoms with Gasteiger partial charge in [-0.3, -0.25) is 4.57 Å². The molecule has 2 fully saturated rings. The number of nitrogens with one attached hydrogen (secondary N) is 2. The number of benzene rings is 1. The molecule has 2 aliphatic rings. The zero-order chi connectivity index (χ0) is 24.7. The van der Waals surface area contributed by atoms with Crippen molar-refractivity contribution >= 4 is 28.7 Å². The predicted octanol–water partition coefficient (Wildman–Crippen LogP) is 4.69. The Morgan fingerprint density at radius 3 is 2.40 bits per heavy atom. The van der Waals surface area contributed by atoms with Crippen molar-refractivity contribution in [1.29, 1.82) is 0 Å². The van der Waals surface area contributed by atoms with E-state index in [1.165, 1.54) is 0 Å². The summed E-state index contributed by atoms with van der Waals surface area (Å²) in [6.07, 6.45) is 5.85. The summed E-state index contributed by atoms with van der Waals surface area (Å²) < 4.78 is 49.3. The van der Waals surface area contributed by atoms with E-state index in [0.29, 0.717) is 48.9 Å². The van der Waals surface area contributed by atoms with Gasteiger partial charge in [0, 0.05) is 24.8 Å². The number of ether oxygens (including phenoxy) is 1. The molecule has 1 saturated heterocycles. The largest absolute Gasteiger partial charge is 0.390 e. The van der Waals surface area contributed by atoms with Crippen LogP contribution in [0.3, 0.4) is 0 Å². The van der Waals surface area contributed by atoms with Crippen molar-refractivity contribution in [2.24, 2.45) is 5.92 Å². The van der Waals surface area contributed by atoms with Gasteiger partial charge in [-0.1, -0.05) is 0 Å². The summed E-state index contributed by atoms with van der Waals surface area (Å²) >= 11 is 0. The highest BCUT2D eigenvalue weighted by molar-refractivity contribution is 5.76. The SMILES string of the molecule is CC(C)(O)C1CCC(Nc2ncc3nc(Nc4c(F)cc(F)cc4F)n([C@@H]4CCOC4)c3n2)CC1. The minimum Gasteiger partial charge on any atom is -0.390 e. The van der Waals surface area contributed by atoms with Crippen LogP contribution in [0.2, 0.25) is 0 Å². The number of halogens is 3. The van der Waals surface area contributed by atoms with Crippen molar-refractivity contribution in [3.63, 3.8) is 0 Å². The Morgan fingerprint density at radius 1 is 1.06 bits per heavy atom. The highest BCUT2D eigenvalue weighted by Crippen LogP contribution is 2.35. The molecule has 0 radical (unpaired) electrons. The number of hydrogen-bond acceptors (Lipinski definition) is 7. The van der Waals surface area contributed by atoms with Crippen LogP contribution in [0, 0.1) is 23.4 Å². The molecule has 0 spiro atoms. The number of hydrogen-bond donors (Lipinski definition) is 3. The first-order valence-electron chi connectivity index (χ1n) is 11.9. The number of imidazole rings is 1. The van der Waals surface area contributed by atoms with Crippen molar-refractivity contribution in [2.45, 2.75) is 63.6 Å². The lowest BCUT2D eigenvalue weighted by Crippen LogP contribution is -2.37. The van der Waals surface area contributed by atoms with Crippen LogP contribution in [0.4, 0.5) is 30.8 Å². The van der Waals surface area contributed by atoms with Crippen molar-refractivity contribution < 1.29 is 23.0 Å². The number of rotatable bonds is 6. The normalized spacial score (nSPS) is 23.1. The molecule has 3 N–H and O–H groups in total. The Kier molecular flexibility index (Phi) is 6.30. The second-order valence-electron chi connectivity index (χ2n) is 9.94. The molecule has 2 aromatic heterocycles. The Labute approximate surface area is 200 Å². The topological polar surface area (TPSA) is 97.1 Å². The first-order valence-corrected chi connectivity index (χ1v) is 11.9. The van der Waals surface area contributed by atoms with Crippen LogP contribution in [-0.4, -0.2) is 49.5 Å². The van der Waals surface area contributed by atoms with Crippen molar-refractivity contribution in [3.8, 4) is 0 Å². The number of nitrogens with zero attached hydrogens (tertiary/aromatic N) is 4. The summed E-state index contributed by atoms with van der Waals surface area (Å²) in [6, 6.07) is 1.27. The molecule has 1 aliphatic heterocycles. The Morgan fingerprint density at radius 2 is 1.77 bits per heavy atom. The number of fused-ring (bicyclic) bond motifs is 1. The predicted molar refractivity (Wildman–Crippen MR) is 125 cm³/mol. The molecule has 0 bridgehead atoms. The van der Waals surface area contributed by atoms with Crippen LogP contribution in [0.15, 0.2) is 18.3 Å². The molecule has 1 aliphatic carbocycles. The van der Waals surface area contributed by atoms with Crippen molar-refractivity contribution in [1.82, 2.24) is 19.5 Å². The summed E-state index contributed by atoms with van der Waals surface area (Å²) in [4.78, 5) is 13.6. The van der Waals surface area contributed by atoms with Crippen LogP contribution in [-0.2, 0) is 4.74 Å². The van der Waals surface area contributed by atoms with Crippen LogP contribution >= 0.6 is 0 Å². The standard InChI is InChI=1S/C24H29F3N6O2/c1-24(2,34)13-3-5-15(6-4-13)29-22-28-11-19-21(32-22)33(16-7-8-35-12-16)23(30-19)31-20-17(26)9-14(25)10-18(20)27/h9-11,13,15-16,34H,3-8,12H2,1-2H3,(H,30,31)(H,28,29,32)/t13?,15?,16-/m1/s1. The Bertz CT molecular complexity index is 1190. The number of aromatic nitrogens is 4. The van der Waals surface area contributed by atoms with Gasteiger partial charge in [0.15, 0.2) is 17.3 Å². The molecular weight excluding hydrogens is 461 g/mol. The smallest absolute Gasteiger partial charge is 0.224 e. The van der Waals surface area contributed by atoms with E-state index in [9.17, 15) is 18.3 Å². The summed E-state index contributed by atoms with van der Waals surface area (Å²) in [5.74, 6) is -2.24. The molecule has 3 heterocycles. The van der Waals surface area contributed by atoms with Gasteiger partial charge in [-0.2, -0.15) is 4.98 Å². The van der Waals surface area contributed by atoms with E-state index in [1.807, 2.05) is 13.8 Å². The van der Waals surface area contributed by atoms with Gasteiger partial charge in [-0.15, -0.1) is 0 Å². The van der Waals surface area contributed by atoms with Crippen molar-refractivity contribution in [3.05, 3.63) is 35.8 Å². The lowest BCUT2D eigenvalue weighted by molar-refractivity contribution is -0.000415. The van der Waals surface area contributed by atoms with Crippen LogP contribution in [0.1, 0.15) is 52.0 Å². The molecule has 11 heteroatoms. The summed E-state index contributed by atoms with van der Waals surface area (Å²) in [6.45, 7) is 4.66. The highest BCUT2D eigenvalue weighted by Gasteiger charge is 2.32. The van der Waals surface area contributed by atoms with Crippen LogP contribution in [0.5, 0.6) is 0 Å². The molecule has 1 aromatic carbocycles. The van der Waals surface area contributed by atoms with Crippen molar-refractivity contribution in [2.75, 3.05) is 23.8 Å². The Hall–Kier alpha value is -2.92. The number of aliphatic hydroxyl groups is 1. The molecule has 8 nitrogen and oxygen atoms in total. The first-order chi connectivity index (χ1) is 16.7. The van der Waals surface area contributed by atoms with E-state index in [2.05, 4.69) is 25.6 Å². The average molecular weight is 491 g/mol. The Balaban J connectivity index is 1.44. The summed E-state index contributed by atoms with van der Waals surface area (Å²) in [5, 5.41) is 16.4. The van der Waals surface area contributed by atoms with Crippen LogP contribution in [0.25, 0.3) is 11.2 Å². The molecule has 188 valence electrons. The van der Waals surface area contributed by atoms with Gasteiger partial charge in [0.2, 0.25) is 11.9 Å². The molecule has 0 amide bonds. The maximum absolute atomic E-state index is 14.3. The molecule has 1 atom stereocenters. The monoisotopic (exact) mass is 490 g/mol. The third kappa shape index (κ3) is 4.92. The quantitative estimate of drug-likeness (QED) is 0.461. The van der Waals surface area contributed by atoms with Gasteiger partial charge in [0.05, 0.1) is 24.4 Å². The molecule has 1 saturated carbocycles.